The fourth-order valence-electron chi connectivity index (χ4n) is 1.75. The minimum atomic E-state index is -3.16. The van der Waals surface area contributed by atoms with Crippen molar-refractivity contribution in [3.8, 4) is 0 Å². The fraction of sp³-hybridized carbons (Fsp3) is 1.00. The highest BCUT2D eigenvalue weighted by molar-refractivity contribution is 7.55. The molecule has 5 nitrogen and oxygen atoms in total. The maximum Gasteiger partial charge on any atom is 0.359 e. The summed E-state index contributed by atoms with van der Waals surface area (Å²) in [6, 6.07) is 0.0913. The molecule has 0 saturated carbocycles. The lowest BCUT2D eigenvalue weighted by Gasteiger charge is -2.29. The molecule has 2 atom stereocenters. The summed E-state index contributed by atoms with van der Waals surface area (Å²) in [5, 5.41) is 7.34. The van der Waals surface area contributed by atoms with Crippen molar-refractivity contribution in [3.05, 3.63) is 0 Å². The quantitative estimate of drug-likeness (QED) is 0.684. The Morgan fingerprint density at radius 1 is 1.50 bits per heavy atom. The first-order chi connectivity index (χ1) is 6.53. The topological polar surface area (TPSA) is 60.2 Å². The van der Waals surface area contributed by atoms with Crippen LogP contribution in [0.3, 0.4) is 0 Å². The molecule has 0 fully saturated rings. The molecule has 0 bridgehead atoms. The lowest BCUT2D eigenvalue weighted by molar-refractivity contribution is 0.241. The van der Waals surface area contributed by atoms with Crippen molar-refractivity contribution < 1.29 is 13.6 Å². The molecular formula is C8H17N2O3P. The first-order valence-electron chi connectivity index (χ1n) is 4.67. The second-order valence-corrected chi connectivity index (χ2v) is 6.02. The van der Waals surface area contributed by atoms with Gasteiger partial charge >= 0.3 is 7.60 Å². The van der Waals surface area contributed by atoms with Crippen LogP contribution < -0.4 is 0 Å². The van der Waals surface area contributed by atoms with E-state index in [0.29, 0.717) is 12.8 Å². The highest BCUT2D eigenvalue weighted by atomic mass is 31.2. The van der Waals surface area contributed by atoms with Crippen LogP contribution >= 0.6 is 7.60 Å². The summed E-state index contributed by atoms with van der Waals surface area (Å²) >= 11 is 0. The molecule has 0 saturated heterocycles. The molecular weight excluding hydrogens is 203 g/mol. The Labute approximate surface area is 84.4 Å². The number of rotatable bonds is 4. The van der Waals surface area contributed by atoms with Crippen LogP contribution in [0.25, 0.3) is 0 Å². The molecule has 82 valence electrons. The predicted molar refractivity (Wildman–Crippen MR) is 53.6 cm³/mol. The molecule has 0 aliphatic carbocycles. The summed E-state index contributed by atoms with van der Waals surface area (Å²) in [6.07, 6.45) is 1.24. The molecule has 0 aromatic rings. The van der Waals surface area contributed by atoms with Gasteiger partial charge < -0.3 is 9.05 Å². The average Bonchev–Trinajstić information content (AvgIpc) is 2.60. The lowest BCUT2D eigenvalue weighted by atomic mass is 10.1. The molecule has 0 amide bonds. The maximum atomic E-state index is 12.3. The van der Waals surface area contributed by atoms with E-state index in [2.05, 4.69) is 10.2 Å². The number of azo groups is 1. The molecule has 0 aromatic carbocycles. The van der Waals surface area contributed by atoms with Gasteiger partial charge in [-0.2, -0.15) is 10.2 Å². The Hall–Kier alpha value is -0.250. The van der Waals surface area contributed by atoms with E-state index in [0.717, 1.165) is 0 Å². The average molecular weight is 220 g/mol. The van der Waals surface area contributed by atoms with Crippen molar-refractivity contribution in [2.75, 3.05) is 14.2 Å². The monoisotopic (exact) mass is 220 g/mol. The third kappa shape index (κ3) is 1.64. The summed E-state index contributed by atoms with van der Waals surface area (Å²) in [5.41, 5.74) is 0. The Kier molecular flexibility index (Phi) is 3.45. The van der Waals surface area contributed by atoms with Crippen LogP contribution in [-0.4, -0.2) is 25.5 Å². The molecule has 1 heterocycles. The summed E-state index contributed by atoms with van der Waals surface area (Å²) in [6.45, 7) is 3.86. The largest absolute Gasteiger partial charge is 0.359 e. The minimum Gasteiger partial charge on any atom is -0.310 e. The second-order valence-electron chi connectivity index (χ2n) is 3.47. The van der Waals surface area contributed by atoms with Gasteiger partial charge in [0, 0.05) is 20.6 Å². The molecule has 0 spiro atoms. The molecule has 1 aliphatic heterocycles. The zero-order valence-electron chi connectivity index (χ0n) is 9.06. The van der Waals surface area contributed by atoms with Gasteiger partial charge in [-0.3, -0.25) is 4.57 Å². The van der Waals surface area contributed by atoms with Crippen molar-refractivity contribution in [3.63, 3.8) is 0 Å². The first kappa shape index (κ1) is 11.8. The lowest BCUT2D eigenvalue weighted by Crippen LogP contribution is -2.26. The van der Waals surface area contributed by atoms with E-state index < -0.39 is 12.9 Å². The Morgan fingerprint density at radius 3 is 2.36 bits per heavy atom. The normalized spacial score (nSPS) is 32.4. The smallest absolute Gasteiger partial charge is 0.310 e. The van der Waals surface area contributed by atoms with Gasteiger partial charge in [-0.15, -0.1) is 0 Å². The highest BCUT2D eigenvalue weighted by Crippen LogP contribution is 2.64. The number of hydrogen-bond donors (Lipinski definition) is 0. The van der Waals surface area contributed by atoms with Gasteiger partial charge in [-0.25, -0.2) is 0 Å². The summed E-state index contributed by atoms with van der Waals surface area (Å²) < 4.78 is 22.2. The highest BCUT2D eigenvalue weighted by Gasteiger charge is 2.52. The van der Waals surface area contributed by atoms with E-state index in [1.165, 1.54) is 14.2 Å². The Balaban J connectivity index is 3.02. The van der Waals surface area contributed by atoms with E-state index in [9.17, 15) is 4.57 Å². The van der Waals surface area contributed by atoms with Crippen molar-refractivity contribution in [2.45, 2.75) is 38.0 Å². The van der Waals surface area contributed by atoms with Crippen LogP contribution in [0.15, 0.2) is 10.2 Å². The van der Waals surface area contributed by atoms with Crippen molar-refractivity contribution in [1.82, 2.24) is 0 Å². The van der Waals surface area contributed by atoms with E-state index in [1.54, 1.807) is 0 Å². The van der Waals surface area contributed by atoms with Crippen LogP contribution in [0, 0.1) is 0 Å². The molecule has 0 aromatic heterocycles. The molecule has 0 unspecified atom stereocenters. The van der Waals surface area contributed by atoms with Crippen LogP contribution in [0.5, 0.6) is 0 Å². The van der Waals surface area contributed by atoms with Crippen LogP contribution in [0.1, 0.15) is 26.7 Å². The summed E-state index contributed by atoms with van der Waals surface area (Å²) in [4.78, 5) is 0. The standard InChI is InChI=1S/C8H17N2O3P/c1-5-8(6-7(2)9-10-8)14(11,12-3)13-4/h7H,5-6H2,1-4H3/t7-,8+/m1/s1. The van der Waals surface area contributed by atoms with Crippen molar-refractivity contribution in [2.24, 2.45) is 10.2 Å². The van der Waals surface area contributed by atoms with Gasteiger partial charge in [0.15, 0.2) is 5.28 Å². The van der Waals surface area contributed by atoms with E-state index in [4.69, 9.17) is 9.05 Å². The van der Waals surface area contributed by atoms with Gasteiger partial charge in [0.25, 0.3) is 0 Å². The van der Waals surface area contributed by atoms with Gasteiger partial charge in [0.2, 0.25) is 0 Å². The predicted octanol–water partition coefficient (Wildman–Crippen LogP) is 2.82. The third-order valence-corrected chi connectivity index (χ3v) is 5.19. The molecule has 14 heavy (non-hydrogen) atoms. The molecule has 0 radical (unpaired) electrons. The van der Waals surface area contributed by atoms with Gasteiger partial charge in [0.05, 0.1) is 6.04 Å². The zero-order chi connectivity index (χ0) is 10.8. The maximum absolute atomic E-state index is 12.3. The van der Waals surface area contributed by atoms with Gasteiger partial charge in [-0.05, 0) is 13.3 Å². The fourth-order valence-corrected chi connectivity index (χ4v) is 3.62. The molecule has 0 N–H and O–H groups in total. The third-order valence-electron chi connectivity index (χ3n) is 2.62. The second kappa shape index (κ2) is 4.09. The van der Waals surface area contributed by atoms with Crippen molar-refractivity contribution >= 4 is 7.60 Å². The van der Waals surface area contributed by atoms with E-state index >= 15 is 0 Å². The Morgan fingerprint density at radius 2 is 2.07 bits per heavy atom. The summed E-state index contributed by atoms with van der Waals surface area (Å²) in [5.74, 6) is 0. The molecule has 1 aliphatic rings. The van der Waals surface area contributed by atoms with Crippen molar-refractivity contribution in [1.29, 1.82) is 0 Å². The Bertz CT molecular complexity index is 274. The summed E-state index contributed by atoms with van der Waals surface area (Å²) in [7, 11) is -0.379. The van der Waals surface area contributed by atoms with Crippen LogP contribution in [-0.2, 0) is 13.6 Å². The number of hydrogen-bond acceptors (Lipinski definition) is 5. The van der Waals surface area contributed by atoms with Gasteiger partial charge in [-0.1, -0.05) is 6.92 Å². The van der Waals surface area contributed by atoms with E-state index in [1.807, 2.05) is 13.8 Å². The molecule has 6 heteroatoms. The SMILES string of the molecule is CC[C@]1(P(=O)(OC)OC)C[C@@H](C)N=N1. The first-order valence-corrected chi connectivity index (χ1v) is 6.21. The van der Waals surface area contributed by atoms with Gasteiger partial charge in [0.1, 0.15) is 0 Å². The van der Waals surface area contributed by atoms with E-state index in [-0.39, 0.29) is 6.04 Å². The van der Waals surface area contributed by atoms with Crippen LogP contribution in [0.4, 0.5) is 0 Å². The molecule has 1 rings (SSSR count). The zero-order valence-corrected chi connectivity index (χ0v) is 9.95. The minimum absolute atomic E-state index is 0.0913. The van der Waals surface area contributed by atoms with Crippen LogP contribution in [0.2, 0.25) is 0 Å². The number of nitrogens with zero attached hydrogens (tertiary/aromatic N) is 2.